The lowest BCUT2D eigenvalue weighted by molar-refractivity contribution is -0.176. The SMILES string of the molecule is CCOC(=O)CCN(CC1CC1)C(=O)c1ccc(COCC(F)(F)F)cc1. The largest absolute Gasteiger partial charge is 0.466 e. The van der Waals surface area contributed by atoms with Gasteiger partial charge in [-0.05, 0) is 43.4 Å². The molecule has 0 bridgehead atoms. The van der Waals surface area contributed by atoms with Crippen molar-refractivity contribution in [2.45, 2.75) is 39.0 Å². The van der Waals surface area contributed by atoms with Gasteiger partial charge in [0.2, 0.25) is 0 Å². The van der Waals surface area contributed by atoms with E-state index in [-0.39, 0.29) is 31.4 Å². The Morgan fingerprint density at radius 3 is 2.41 bits per heavy atom. The van der Waals surface area contributed by atoms with Gasteiger partial charge >= 0.3 is 12.1 Å². The van der Waals surface area contributed by atoms with Crippen LogP contribution in [0.5, 0.6) is 0 Å². The van der Waals surface area contributed by atoms with Crippen LogP contribution in [0.1, 0.15) is 42.1 Å². The van der Waals surface area contributed by atoms with Crippen LogP contribution in [0.4, 0.5) is 13.2 Å². The lowest BCUT2D eigenvalue weighted by Crippen LogP contribution is -2.35. The molecule has 0 aromatic heterocycles. The number of alkyl halides is 3. The fourth-order valence-electron chi connectivity index (χ4n) is 2.56. The molecule has 1 fully saturated rings. The smallest absolute Gasteiger partial charge is 0.411 e. The van der Waals surface area contributed by atoms with Crippen LogP contribution in [0.3, 0.4) is 0 Å². The molecule has 1 aliphatic carbocycles. The van der Waals surface area contributed by atoms with Crippen molar-refractivity contribution >= 4 is 11.9 Å². The van der Waals surface area contributed by atoms with E-state index in [4.69, 9.17) is 4.74 Å². The van der Waals surface area contributed by atoms with Gasteiger partial charge in [0.05, 0.1) is 19.6 Å². The molecule has 0 radical (unpaired) electrons. The summed E-state index contributed by atoms with van der Waals surface area (Å²) in [6, 6.07) is 6.28. The molecular weight excluding hydrogens is 363 g/mol. The Kier molecular flexibility index (Phi) is 7.65. The minimum Gasteiger partial charge on any atom is -0.466 e. The highest BCUT2D eigenvalue weighted by atomic mass is 19.4. The molecule has 8 heteroatoms. The summed E-state index contributed by atoms with van der Waals surface area (Å²) in [6.07, 6.45) is -2.09. The fraction of sp³-hybridized carbons (Fsp3) is 0.579. The number of benzene rings is 1. The van der Waals surface area contributed by atoms with Gasteiger partial charge in [0.1, 0.15) is 6.61 Å². The lowest BCUT2D eigenvalue weighted by Gasteiger charge is -2.22. The van der Waals surface area contributed by atoms with Gasteiger partial charge in [-0.25, -0.2) is 0 Å². The number of carbonyl (C=O) groups excluding carboxylic acids is 2. The number of halogens is 3. The van der Waals surface area contributed by atoms with Crippen molar-refractivity contribution in [2.24, 2.45) is 5.92 Å². The molecule has 0 saturated heterocycles. The Labute approximate surface area is 156 Å². The van der Waals surface area contributed by atoms with Crippen LogP contribution in [0.25, 0.3) is 0 Å². The minimum absolute atomic E-state index is 0.135. The van der Waals surface area contributed by atoms with Crippen LogP contribution >= 0.6 is 0 Å². The van der Waals surface area contributed by atoms with E-state index in [1.165, 1.54) is 0 Å². The first-order valence-electron chi connectivity index (χ1n) is 8.97. The van der Waals surface area contributed by atoms with Crippen molar-refractivity contribution in [1.29, 1.82) is 0 Å². The molecule has 0 N–H and O–H groups in total. The van der Waals surface area contributed by atoms with E-state index in [0.29, 0.717) is 30.2 Å². The van der Waals surface area contributed by atoms with Gasteiger partial charge in [0, 0.05) is 18.7 Å². The fourth-order valence-corrected chi connectivity index (χ4v) is 2.56. The molecule has 1 aromatic rings. The zero-order chi connectivity index (χ0) is 19.9. The molecule has 150 valence electrons. The Balaban J connectivity index is 1.92. The predicted molar refractivity (Wildman–Crippen MR) is 92.0 cm³/mol. The maximum atomic E-state index is 12.7. The first-order chi connectivity index (χ1) is 12.8. The molecule has 0 heterocycles. The third-order valence-electron chi connectivity index (χ3n) is 4.09. The molecule has 2 rings (SSSR count). The third kappa shape index (κ3) is 7.99. The number of amides is 1. The monoisotopic (exact) mass is 387 g/mol. The normalized spacial score (nSPS) is 14.1. The van der Waals surface area contributed by atoms with Crippen LogP contribution in [0.2, 0.25) is 0 Å². The van der Waals surface area contributed by atoms with Gasteiger partial charge in [0.25, 0.3) is 5.91 Å². The highest BCUT2D eigenvalue weighted by Gasteiger charge is 2.28. The van der Waals surface area contributed by atoms with Crippen molar-refractivity contribution in [3.05, 3.63) is 35.4 Å². The van der Waals surface area contributed by atoms with Gasteiger partial charge in [-0.15, -0.1) is 0 Å². The number of rotatable bonds is 10. The average molecular weight is 387 g/mol. The van der Waals surface area contributed by atoms with Crippen LogP contribution in [0, 0.1) is 5.92 Å². The molecule has 27 heavy (non-hydrogen) atoms. The molecule has 0 atom stereocenters. The summed E-state index contributed by atoms with van der Waals surface area (Å²) in [7, 11) is 0. The summed E-state index contributed by atoms with van der Waals surface area (Å²) in [5.41, 5.74) is 0.982. The van der Waals surface area contributed by atoms with E-state index in [1.54, 1.807) is 36.1 Å². The highest BCUT2D eigenvalue weighted by Crippen LogP contribution is 2.30. The number of nitrogens with zero attached hydrogens (tertiary/aromatic N) is 1. The van der Waals surface area contributed by atoms with E-state index in [9.17, 15) is 22.8 Å². The summed E-state index contributed by atoms with van der Waals surface area (Å²) in [5.74, 6) is -0.0802. The maximum absolute atomic E-state index is 12.7. The summed E-state index contributed by atoms with van der Waals surface area (Å²) in [4.78, 5) is 25.9. The summed E-state index contributed by atoms with van der Waals surface area (Å²) < 4.78 is 45.8. The molecule has 1 saturated carbocycles. The van der Waals surface area contributed by atoms with Crippen molar-refractivity contribution in [1.82, 2.24) is 4.90 Å². The number of hydrogen-bond donors (Lipinski definition) is 0. The van der Waals surface area contributed by atoms with E-state index in [2.05, 4.69) is 4.74 Å². The van der Waals surface area contributed by atoms with Crippen LogP contribution in [-0.4, -0.2) is 49.3 Å². The second-order valence-corrected chi connectivity index (χ2v) is 6.55. The van der Waals surface area contributed by atoms with Crippen LogP contribution in [0.15, 0.2) is 24.3 Å². The van der Waals surface area contributed by atoms with Crippen LogP contribution in [-0.2, 0) is 20.9 Å². The predicted octanol–water partition coefficient (Wildman–Crippen LogP) is 3.57. The number of ether oxygens (including phenoxy) is 2. The standard InChI is InChI=1S/C19H24F3NO4/c1-2-27-17(24)9-10-23(11-14-3-4-14)18(25)16-7-5-15(6-8-16)12-26-13-19(20,21)22/h5-8,14H,2-4,9-13H2,1H3. The van der Waals surface area contributed by atoms with E-state index >= 15 is 0 Å². The molecule has 0 aliphatic heterocycles. The average Bonchev–Trinajstić information content (AvgIpc) is 3.42. The minimum atomic E-state index is -4.36. The van der Waals surface area contributed by atoms with Gasteiger partial charge in [-0.2, -0.15) is 13.2 Å². The van der Waals surface area contributed by atoms with Gasteiger partial charge in [-0.3, -0.25) is 9.59 Å². The quantitative estimate of drug-likeness (QED) is 0.576. The highest BCUT2D eigenvalue weighted by molar-refractivity contribution is 5.94. The van der Waals surface area contributed by atoms with Crippen molar-refractivity contribution in [3.63, 3.8) is 0 Å². The van der Waals surface area contributed by atoms with E-state index in [0.717, 1.165) is 12.8 Å². The number of hydrogen-bond acceptors (Lipinski definition) is 4. The topological polar surface area (TPSA) is 55.8 Å². The zero-order valence-corrected chi connectivity index (χ0v) is 15.3. The van der Waals surface area contributed by atoms with E-state index in [1.807, 2.05) is 0 Å². The van der Waals surface area contributed by atoms with Gasteiger partial charge in [0.15, 0.2) is 0 Å². The summed E-state index contributed by atoms with van der Waals surface area (Å²) >= 11 is 0. The molecule has 5 nitrogen and oxygen atoms in total. The van der Waals surface area contributed by atoms with Crippen molar-refractivity contribution in [2.75, 3.05) is 26.3 Å². The maximum Gasteiger partial charge on any atom is 0.411 e. The first-order valence-corrected chi connectivity index (χ1v) is 8.97. The molecule has 1 aromatic carbocycles. The zero-order valence-electron chi connectivity index (χ0n) is 15.3. The van der Waals surface area contributed by atoms with Crippen LogP contribution < -0.4 is 0 Å². The molecule has 0 spiro atoms. The van der Waals surface area contributed by atoms with E-state index < -0.39 is 12.8 Å². The molecular formula is C19H24F3NO4. The second kappa shape index (κ2) is 9.73. The molecule has 1 amide bonds. The molecule has 1 aliphatic rings. The van der Waals surface area contributed by atoms with Gasteiger partial charge in [-0.1, -0.05) is 12.1 Å². The summed E-state index contributed by atoms with van der Waals surface area (Å²) in [6.45, 7) is 1.41. The Morgan fingerprint density at radius 1 is 1.19 bits per heavy atom. The Bertz CT molecular complexity index is 627. The summed E-state index contributed by atoms with van der Waals surface area (Å²) in [5, 5.41) is 0. The second-order valence-electron chi connectivity index (χ2n) is 6.55. The number of esters is 1. The van der Waals surface area contributed by atoms with Crippen molar-refractivity contribution in [3.8, 4) is 0 Å². The van der Waals surface area contributed by atoms with Gasteiger partial charge < -0.3 is 14.4 Å². The van der Waals surface area contributed by atoms with Crippen molar-refractivity contribution < 1.29 is 32.2 Å². The number of carbonyl (C=O) groups is 2. The molecule has 0 unspecified atom stereocenters. The Hall–Kier alpha value is -2.09. The lowest BCUT2D eigenvalue weighted by atomic mass is 10.1. The Morgan fingerprint density at radius 2 is 1.85 bits per heavy atom. The third-order valence-corrected chi connectivity index (χ3v) is 4.09. The first kappa shape index (κ1) is 21.2.